The van der Waals surface area contributed by atoms with Crippen molar-refractivity contribution in [2.45, 2.75) is 10.3 Å². The number of thiophene rings is 1. The quantitative estimate of drug-likeness (QED) is 0.762. The van der Waals surface area contributed by atoms with Crippen LogP contribution in [0.25, 0.3) is 0 Å². The number of nitrogens with two attached hydrogens (primary N) is 1. The number of sulfonamides is 1. The number of benzene rings is 1. The van der Waals surface area contributed by atoms with Gasteiger partial charge in [0.15, 0.2) is 0 Å². The van der Waals surface area contributed by atoms with Gasteiger partial charge in [0.1, 0.15) is 16.3 Å². The van der Waals surface area contributed by atoms with E-state index in [1.807, 2.05) is 6.07 Å². The van der Waals surface area contributed by atoms with E-state index in [1.54, 1.807) is 35.7 Å². The molecule has 3 N–H and O–H groups in total. The van der Waals surface area contributed by atoms with E-state index in [2.05, 4.69) is 5.32 Å². The van der Waals surface area contributed by atoms with E-state index in [1.165, 1.54) is 11.0 Å². The van der Waals surface area contributed by atoms with Crippen molar-refractivity contribution in [3.63, 3.8) is 0 Å². The molecule has 146 valence electrons. The van der Waals surface area contributed by atoms with E-state index in [4.69, 9.17) is 11.0 Å². The summed E-state index contributed by atoms with van der Waals surface area (Å²) >= 11 is 1.04. The number of amides is 3. The standard InChI is InChI=1S/C17H17N5O4S2/c18-10-12-4-1-2-5-13(12)20-17(24)21-7-8-22(14(11-21)16(19)23)28(25,26)15-6-3-9-27-15/h1-6,9,14H,7-8,11H2,(H2,19,23)(H,20,24). The number of piperazine rings is 1. The first-order valence-electron chi connectivity index (χ1n) is 8.24. The summed E-state index contributed by atoms with van der Waals surface area (Å²) in [6.07, 6.45) is 0. The smallest absolute Gasteiger partial charge is 0.321 e. The number of hydrogen-bond acceptors (Lipinski definition) is 6. The fraction of sp³-hybridized carbons (Fsp3) is 0.235. The van der Waals surface area contributed by atoms with E-state index in [0.29, 0.717) is 11.3 Å². The molecule has 28 heavy (non-hydrogen) atoms. The molecule has 1 unspecified atom stereocenters. The molecular formula is C17H17N5O4S2. The van der Waals surface area contributed by atoms with Crippen molar-refractivity contribution in [3.05, 3.63) is 47.3 Å². The number of nitriles is 1. The summed E-state index contributed by atoms with van der Waals surface area (Å²) in [6, 6.07) is 9.81. The van der Waals surface area contributed by atoms with E-state index < -0.39 is 28.0 Å². The highest BCUT2D eigenvalue weighted by molar-refractivity contribution is 7.91. The highest BCUT2D eigenvalue weighted by Crippen LogP contribution is 2.25. The molecule has 1 aromatic carbocycles. The Labute approximate surface area is 166 Å². The molecule has 1 aliphatic rings. The van der Waals surface area contributed by atoms with Crippen LogP contribution in [0.2, 0.25) is 0 Å². The second-order valence-electron chi connectivity index (χ2n) is 6.00. The molecule has 0 radical (unpaired) electrons. The van der Waals surface area contributed by atoms with Crippen molar-refractivity contribution in [1.82, 2.24) is 9.21 Å². The molecule has 3 amide bonds. The van der Waals surface area contributed by atoms with Crippen LogP contribution >= 0.6 is 11.3 Å². The number of para-hydroxylation sites is 1. The van der Waals surface area contributed by atoms with Gasteiger partial charge in [-0.15, -0.1) is 11.3 Å². The Hall–Kier alpha value is -2.94. The number of primary amides is 1. The second kappa shape index (κ2) is 7.97. The Balaban J connectivity index is 1.78. The van der Waals surface area contributed by atoms with E-state index in [9.17, 15) is 18.0 Å². The summed E-state index contributed by atoms with van der Waals surface area (Å²) in [5.41, 5.74) is 6.05. The minimum Gasteiger partial charge on any atom is -0.368 e. The SMILES string of the molecule is N#Cc1ccccc1NC(=O)N1CCN(S(=O)(=O)c2cccs2)C(C(N)=O)C1. The van der Waals surface area contributed by atoms with Gasteiger partial charge >= 0.3 is 6.03 Å². The largest absolute Gasteiger partial charge is 0.368 e. The Morgan fingerprint density at radius 3 is 2.61 bits per heavy atom. The van der Waals surface area contributed by atoms with Crippen LogP contribution in [0.15, 0.2) is 46.0 Å². The zero-order valence-electron chi connectivity index (χ0n) is 14.6. The van der Waals surface area contributed by atoms with Gasteiger partial charge in [-0.3, -0.25) is 4.79 Å². The number of nitrogens with zero attached hydrogens (tertiary/aromatic N) is 3. The average molecular weight is 419 g/mol. The lowest BCUT2D eigenvalue weighted by molar-refractivity contribution is -0.122. The molecule has 0 saturated carbocycles. The number of rotatable bonds is 4. The maximum atomic E-state index is 12.8. The maximum Gasteiger partial charge on any atom is 0.321 e. The maximum absolute atomic E-state index is 12.8. The first-order chi connectivity index (χ1) is 13.3. The number of urea groups is 1. The predicted octanol–water partition coefficient (Wildman–Crippen LogP) is 1.01. The van der Waals surface area contributed by atoms with Crippen molar-refractivity contribution in [3.8, 4) is 6.07 Å². The topological polar surface area (TPSA) is 137 Å². The van der Waals surface area contributed by atoms with Gasteiger partial charge in [-0.1, -0.05) is 18.2 Å². The third kappa shape index (κ3) is 3.84. The monoisotopic (exact) mass is 419 g/mol. The summed E-state index contributed by atoms with van der Waals surface area (Å²) in [5, 5.41) is 13.4. The van der Waals surface area contributed by atoms with Crippen LogP contribution in [-0.2, 0) is 14.8 Å². The van der Waals surface area contributed by atoms with Crippen molar-refractivity contribution in [1.29, 1.82) is 5.26 Å². The molecule has 2 heterocycles. The molecule has 1 fully saturated rings. The van der Waals surface area contributed by atoms with Crippen LogP contribution in [0.1, 0.15) is 5.56 Å². The van der Waals surface area contributed by atoms with Crippen molar-refractivity contribution < 1.29 is 18.0 Å². The van der Waals surface area contributed by atoms with Gasteiger partial charge in [-0.2, -0.15) is 9.57 Å². The van der Waals surface area contributed by atoms with Crippen LogP contribution in [0.3, 0.4) is 0 Å². The molecule has 0 bridgehead atoms. The highest BCUT2D eigenvalue weighted by Gasteiger charge is 2.40. The third-order valence-electron chi connectivity index (χ3n) is 4.29. The Morgan fingerprint density at radius 1 is 1.21 bits per heavy atom. The molecule has 1 atom stereocenters. The van der Waals surface area contributed by atoms with Crippen LogP contribution < -0.4 is 11.1 Å². The van der Waals surface area contributed by atoms with Gasteiger partial charge in [-0.25, -0.2) is 13.2 Å². The summed E-state index contributed by atoms with van der Waals surface area (Å²) in [6.45, 7) is -0.170. The number of carbonyl (C=O) groups excluding carboxylic acids is 2. The lowest BCUT2D eigenvalue weighted by Gasteiger charge is -2.38. The second-order valence-corrected chi connectivity index (χ2v) is 9.06. The Bertz CT molecular complexity index is 1030. The van der Waals surface area contributed by atoms with Gasteiger partial charge in [-0.05, 0) is 23.6 Å². The Kier molecular flexibility index (Phi) is 5.64. The highest BCUT2D eigenvalue weighted by atomic mass is 32.2. The van der Waals surface area contributed by atoms with Crippen molar-refractivity contribution >= 4 is 39.0 Å². The fourth-order valence-corrected chi connectivity index (χ4v) is 5.58. The molecule has 1 aliphatic heterocycles. The molecule has 2 aromatic rings. The molecule has 11 heteroatoms. The van der Waals surface area contributed by atoms with Gasteiger partial charge in [0, 0.05) is 19.6 Å². The molecule has 0 spiro atoms. The van der Waals surface area contributed by atoms with Crippen LogP contribution in [0.5, 0.6) is 0 Å². The molecule has 3 rings (SSSR count). The first-order valence-corrected chi connectivity index (χ1v) is 10.6. The minimum atomic E-state index is -3.88. The van der Waals surface area contributed by atoms with Gasteiger partial charge in [0.05, 0.1) is 11.3 Å². The lowest BCUT2D eigenvalue weighted by Crippen LogP contribution is -2.61. The fourth-order valence-electron chi connectivity index (χ4n) is 2.88. The third-order valence-corrected chi connectivity index (χ3v) is 7.58. The molecular weight excluding hydrogens is 402 g/mol. The molecule has 0 aliphatic carbocycles. The van der Waals surface area contributed by atoms with Crippen molar-refractivity contribution in [2.24, 2.45) is 5.73 Å². The molecule has 1 aromatic heterocycles. The summed E-state index contributed by atoms with van der Waals surface area (Å²) in [5.74, 6) is -0.838. The van der Waals surface area contributed by atoms with Crippen LogP contribution in [0.4, 0.5) is 10.5 Å². The Morgan fingerprint density at radius 2 is 1.96 bits per heavy atom. The van der Waals surface area contributed by atoms with E-state index in [-0.39, 0.29) is 23.8 Å². The number of nitrogens with one attached hydrogen (secondary N) is 1. The van der Waals surface area contributed by atoms with Gasteiger partial charge in [0.25, 0.3) is 10.0 Å². The normalized spacial score (nSPS) is 17.7. The van der Waals surface area contributed by atoms with E-state index >= 15 is 0 Å². The number of carbonyl (C=O) groups is 2. The molecule has 9 nitrogen and oxygen atoms in total. The minimum absolute atomic E-state index is 0.0683. The van der Waals surface area contributed by atoms with E-state index in [0.717, 1.165) is 15.6 Å². The summed E-state index contributed by atoms with van der Waals surface area (Å²) in [7, 11) is -3.88. The predicted molar refractivity (Wildman–Crippen MR) is 103 cm³/mol. The van der Waals surface area contributed by atoms with Crippen LogP contribution in [-0.4, -0.2) is 55.2 Å². The first kappa shape index (κ1) is 19.8. The van der Waals surface area contributed by atoms with Gasteiger partial charge in [0.2, 0.25) is 5.91 Å². The zero-order valence-corrected chi connectivity index (χ0v) is 16.2. The average Bonchev–Trinajstić information content (AvgIpc) is 3.23. The van der Waals surface area contributed by atoms with Gasteiger partial charge < -0.3 is 16.0 Å². The van der Waals surface area contributed by atoms with Crippen molar-refractivity contribution in [2.75, 3.05) is 25.0 Å². The number of anilines is 1. The molecule has 1 saturated heterocycles. The zero-order chi connectivity index (χ0) is 20.3. The van der Waals surface area contributed by atoms with Crippen LogP contribution in [0, 0.1) is 11.3 Å². The summed E-state index contributed by atoms with van der Waals surface area (Å²) in [4.78, 5) is 25.8. The number of hydrogen-bond donors (Lipinski definition) is 2. The lowest BCUT2D eigenvalue weighted by atomic mass is 10.2. The summed E-state index contributed by atoms with van der Waals surface area (Å²) < 4.78 is 26.7.